The summed E-state index contributed by atoms with van der Waals surface area (Å²) in [6.07, 6.45) is 15.5. The molecule has 0 radical (unpaired) electrons. The van der Waals surface area contributed by atoms with Crippen molar-refractivity contribution in [1.29, 1.82) is 0 Å². The van der Waals surface area contributed by atoms with Crippen LogP contribution in [0.3, 0.4) is 0 Å². The summed E-state index contributed by atoms with van der Waals surface area (Å²) in [5.41, 5.74) is 11.1. The van der Waals surface area contributed by atoms with Crippen LogP contribution in [0.2, 0.25) is 0 Å². The third-order valence-corrected chi connectivity index (χ3v) is 10.4. The van der Waals surface area contributed by atoms with Gasteiger partial charge in [-0.3, -0.25) is 0 Å². The van der Waals surface area contributed by atoms with Crippen molar-refractivity contribution in [3.8, 4) is 0 Å². The van der Waals surface area contributed by atoms with E-state index in [0.717, 1.165) is 25.9 Å². The highest BCUT2D eigenvalue weighted by Crippen LogP contribution is 2.50. The van der Waals surface area contributed by atoms with Gasteiger partial charge in [-0.25, -0.2) is 0 Å². The van der Waals surface area contributed by atoms with E-state index in [2.05, 4.69) is 154 Å². The topological polar surface area (TPSA) is 6.25 Å². The fraction of sp³-hybridized carbons (Fsp3) is 0.310. The van der Waals surface area contributed by atoms with Crippen LogP contribution in [0.25, 0.3) is 21.5 Å². The van der Waals surface area contributed by atoms with Gasteiger partial charge in [0.2, 0.25) is 5.69 Å². The Labute approximate surface area is 286 Å². The van der Waals surface area contributed by atoms with Gasteiger partial charge in [-0.1, -0.05) is 86.7 Å². The van der Waals surface area contributed by atoms with Crippen molar-refractivity contribution in [1.82, 2.24) is 0 Å². The molecule has 3 heteroatoms. The number of allylic oxidation sites excluding steroid dienone is 8. The van der Waals surface area contributed by atoms with Crippen molar-refractivity contribution in [2.24, 2.45) is 0 Å². The van der Waals surface area contributed by atoms with Crippen molar-refractivity contribution in [3.05, 3.63) is 131 Å². The highest BCUT2D eigenvalue weighted by molar-refractivity contribution is 6.07. The summed E-state index contributed by atoms with van der Waals surface area (Å²) in [5, 5.41) is 5.39. The highest BCUT2D eigenvalue weighted by atomic mass is 127. The van der Waals surface area contributed by atoms with Crippen LogP contribution >= 0.6 is 0 Å². The molecule has 0 bridgehead atoms. The SMILES string of the molecule is CCN1/C(=C/C=C2C=C(/C=C/C3=[N+](CC)c4ccc5ccccc5c4C3(C)C)CCC/2)C(C)(C)c2c1ccc1ccccc21.[I-]. The molecule has 4 aromatic carbocycles. The molecule has 2 nitrogen and oxygen atoms in total. The van der Waals surface area contributed by atoms with E-state index in [4.69, 9.17) is 0 Å². The number of fused-ring (bicyclic) bond motifs is 6. The quantitative estimate of drug-likeness (QED) is 0.153. The van der Waals surface area contributed by atoms with Crippen LogP contribution in [0.5, 0.6) is 0 Å². The van der Waals surface area contributed by atoms with Gasteiger partial charge in [-0.2, -0.15) is 4.58 Å². The molecule has 0 saturated carbocycles. The fourth-order valence-electron chi connectivity index (χ4n) is 8.27. The molecule has 3 aliphatic rings. The number of rotatable bonds is 5. The summed E-state index contributed by atoms with van der Waals surface area (Å²) >= 11 is 0. The average molecular weight is 705 g/mol. The van der Waals surface area contributed by atoms with Crippen LogP contribution in [0.15, 0.2) is 120 Å². The Morgan fingerprint density at radius 2 is 1.40 bits per heavy atom. The Hall–Kier alpha value is -3.44. The van der Waals surface area contributed by atoms with Gasteiger partial charge in [0, 0.05) is 41.1 Å². The lowest BCUT2D eigenvalue weighted by Gasteiger charge is -2.26. The first kappa shape index (κ1) is 31.5. The van der Waals surface area contributed by atoms with Gasteiger partial charge in [0.05, 0.1) is 5.41 Å². The minimum absolute atomic E-state index is 0. The fourth-order valence-corrected chi connectivity index (χ4v) is 8.27. The molecule has 230 valence electrons. The predicted molar refractivity (Wildman–Crippen MR) is 190 cm³/mol. The smallest absolute Gasteiger partial charge is 0.210 e. The van der Waals surface area contributed by atoms with Crippen LogP contribution in [0.4, 0.5) is 11.4 Å². The van der Waals surface area contributed by atoms with Crippen molar-refractivity contribution < 1.29 is 28.6 Å². The molecule has 0 aromatic heterocycles. The van der Waals surface area contributed by atoms with Crippen LogP contribution in [0.1, 0.15) is 71.9 Å². The summed E-state index contributed by atoms with van der Waals surface area (Å²) in [7, 11) is 0. The highest BCUT2D eigenvalue weighted by Gasteiger charge is 2.45. The third-order valence-electron chi connectivity index (χ3n) is 10.4. The van der Waals surface area contributed by atoms with Gasteiger partial charge < -0.3 is 28.9 Å². The lowest BCUT2D eigenvalue weighted by atomic mass is 9.79. The van der Waals surface area contributed by atoms with Crippen LogP contribution in [0, 0.1) is 0 Å². The maximum absolute atomic E-state index is 2.52. The Kier molecular flexibility index (Phi) is 8.45. The van der Waals surface area contributed by atoms with Crippen LogP contribution in [-0.2, 0) is 10.8 Å². The second-order valence-corrected chi connectivity index (χ2v) is 13.7. The zero-order valence-corrected chi connectivity index (χ0v) is 29.8. The molecule has 0 amide bonds. The summed E-state index contributed by atoms with van der Waals surface area (Å²) in [6.45, 7) is 16.0. The van der Waals surface area contributed by atoms with Gasteiger partial charge in [0.1, 0.15) is 6.54 Å². The Morgan fingerprint density at radius 3 is 2.09 bits per heavy atom. The number of likely N-dealkylation sites (N-methyl/N-ethyl adjacent to an activating group) is 1. The van der Waals surface area contributed by atoms with E-state index in [-0.39, 0.29) is 34.8 Å². The van der Waals surface area contributed by atoms with Gasteiger partial charge in [0.15, 0.2) is 5.71 Å². The standard InChI is InChI=1S/C42H45N2.HI/c1-7-43-35-24-22-31-16-9-11-18-33(31)39(35)41(3,4)37(43)26-20-29-14-13-15-30(28-29)21-27-38-42(5,6)40-34-19-12-10-17-32(34)23-25-36(40)44(38)8-2;/h9-12,16-28H,7-8,13-15H2,1-6H3;1H/q+1;/p-1. The molecule has 4 aromatic rings. The molecule has 0 spiro atoms. The van der Waals surface area contributed by atoms with Crippen molar-refractivity contribution >= 4 is 38.6 Å². The monoisotopic (exact) mass is 704 g/mol. The number of hydrogen-bond donors (Lipinski definition) is 0. The molecule has 0 saturated heterocycles. The third kappa shape index (κ3) is 5.12. The summed E-state index contributed by atoms with van der Waals surface area (Å²) in [6, 6.07) is 26.9. The van der Waals surface area contributed by atoms with E-state index in [1.165, 1.54) is 73.0 Å². The van der Waals surface area contributed by atoms with E-state index in [9.17, 15) is 0 Å². The molecule has 0 N–H and O–H groups in total. The lowest BCUT2D eigenvalue weighted by molar-refractivity contribution is -0.433. The molecule has 7 rings (SSSR count). The maximum Gasteiger partial charge on any atom is 0.210 e. The molecular weight excluding hydrogens is 659 g/mol. The zero-order chi connectivity index (χ0) is 30.6. The van der Waals surface area contributed by atoms with E-state index < -0.39 is 0 Å². The molecule has 0 fully saturated rings. The summed E-state index contributed by atoms with van der Waals surface area (Å²) < 4.78 is 2.52. The van der Waals surface area contributed by atoms with Gasteiger partial charge in [-0.05, 0) is 103 Å². The Morgan fingerprint density at radius 1 is 0.733 bits per heavy atom. The van der Waals surface area contributed by atoms with Crippen LogP contribution in [-0.4, -0.2) is 23.4 Å². The second kappa shape index (κ2) is 12.1. The molecule has 0 atom stereocenters. The van der Waals surface area contributed by atoms with Crippen molar-refractivity contribution in [2.75, 3.05) is 18.0 Å². The lowest BCUT2D eigenvalue weighted by Crippen LogP contribution is -3.00. The predicted octanol–water partition coefficient (Wildman–Crippen LogP) is 7.69. The van der Waals surface area contributed by atoms with Crippen molar-refractivity contribution in [2.45, 2.75) is 71.6 Å². The van der Waals surface area contributed by atoms with E-state index >= 15 is 0 Å². The normalized spacial score (nSPS) is 20.3. The number of anilines is 1. The minimum Gasteiger partial charge on any atom is -1.00 e. The van der Waals surface area contributed by atoms with E-state index in [1.54, 1.807) is 0 Å². The molecule has 2 heterocycles. The molecular formula is C42H45IN2. The van der Waals surface area contributed by atoms with Gasteiger partial charge in [-0.15, -0.1) is 0 Å². The van der Waals surface area contributed by atoms with Crippen molar-refractivity contribution in [3.63, 3.8) is 0 Å². The zero-order valence-electron chi connectivity index (χ0n) is 27.6. The van der Waals surface area contributed by atoms with Gasteiger partial charge in [0.25, 0.3) is 0 Å². The van der Waals surface area contributed by atoms with E-state index in [1.807, 2.05) is 0 Å². The first-order valence-electron chi connectivity index (χ1n) is 16.5. The molecule has 45 heavy (non-hydrogen) atoms. The van der Waals surface area contributed by atoms with Gasteiger partial charge >= 0.3 is 0 Å². The van der Waals surface area contributed by atoms with E-state index in [0.29, 0.717) is 0 Å². The largest absolute Gasteiger partial charge is 1.00 e. The number of halogens is 1. The minimum atomic E-state index is -0.0577. The maximum atomic E-state index is 2.52. The second-order valence-electron chi connectivity index (χ2n) is 13.7. The molecule has 0 unspecified atom stereocenters. The molecule has 1 aliphatic carbocycles. The number of benzene rings is 4. The first-order valence-corrected chi connectivity index (χ1v) is 16.5. The average Bonchev–Trinajstić information content (AvgIpc) is 3.40. The Bertz CT molecular complexity index is 1960. The van der Waals surface area contributed by atoms with Crippen LogP contribution < -0.4 is 28.9 Å². The first-order chi connectivity index (χ1) is 21.3. The molecule has 2 aliphatic heterocycles. The number of nitrogens with zero attached hydrogens (tertiary/aromatic N) is 2. The number of hydrogen-bond acceptors (Lipinski definition) is 1. The summed E-state index contributed by atoms with van der Waals surface area (Å²) in [5.74, 6) is 0. The Balaban J connectivity index is 0.00000357. The summed E-state index contributed by atoms with van der Waals surface area (Å²) in [4.78, 5) is 2.52.